The zero-order chi connectivity index (χ0) is 25.2. The van der Waals surface area contributed by atoms with Crippen molar-refractivity contribution in [2.75, 3.05) is 13.2 Å². The van der Waals surface area contributed by atoms with Gasteiger partial charge in [-0.15, -0.1) is 0 Å². The number of hydrogen-bond acceptors (Lipinski definition) is 3. The minimum atomic E-state index is -0.490. The van der Waals surface area contributed by atoms with Gasteiger partial charge >= 0.3 is 0 Å². The van der Waals surface area contributed by atoms with E-state index >= 15 is 0 Å². The monoisotopic (exact) mass is 487 g/mol. The van der Waals surface area contributed by atoms with E-state index in [1.807, 2.05) is 24.3 Å². The number of amides is 1. The molecule has 0 aliphatic carbocycles. The molecule has 4 rings (SSSR count). The number of aryl methyl sites for hydroxylation is 3. The summed E-state index contributed by atoms with van der Waals surface area (Å²) in [6.07, 6.45) is 5.66. The van der Waals surface area contributed by atoms with Crippen molar-refractivity contribution in [2.24, 2.45) is 0 Å². The third kappa shape index (κ3) is 6.72. The van der Waals surface area contributed by atoms with Gasteiger partial charge in [-0.2, -0.15) is 0 Å². The van der Waals surface area contributed by atoms with E-state index < -0.39 is 5.82 Å². The summed E-state index contributed by atoms with van der Waals surface area (Å²) in [7, 11) is 0. The first-order valence-electron chi connectivity index (χ1n) is 12.8. The summed E-state index contributed by atoms with van der Waals surface area (Å²) in [5, 5.41) is 2.81. The Kier molecular flexibility index (Phi) is 9.09. The second kappa shape index (κ2) is 12.9. The molecule has 1 N–H and O–H groups in total. The lowest BCUT2D eigenvalue weighted by molar-refractivity contribution is 0.0949. The summed E-state index contributed by atoms with van der Waals surface area (Å²) >= 11 is 0. The maximum Gasteiger partial charge on any atom is 0.254 e. The molecule has 6 heteroatoms. The number of para-hydroxylation sites is 3. The van der Waals surface area contributed by atoms with Gasteiger partial charge in [-0.1, -0.05) is 48.9 Å². The van der Waals surface area contributed by atoms with Crippen LogP contribution in [0.1, 0.15) is 53.8 Å². The van der Waals surface area contributed by atoms with Gasteiger partial charge in [0.25, 0.3) is 5.91 Å². The number of imidazole rings is 1. The molecule has 36 heavy (non-hydrogen) atoms. The fourth-order valence-electron chi connectivity index (χ4n) is 4.37. The second-order valence-corrected chi connectivity index (χ2v) is 9.04. The summed E-state index contributed by atoms with van der Waals surface area (Å²) in [6, 6.07) is 22.4. The number of ether oxygens (including phenoxy) is 1. The Morgan fingerprint density at radius 1 is 0.917 bits per heavy atom. The predicted molar refractivity (Wildman–Crippen MR) is 142 cm³/mol. The third-order valence-corrected chi connectivity index (χ3v) is 6.34. The SMILES string of the molecule is Cc1ccccc1OCCCCn1c(CCCCCNC(=O)c2ccccc2F)nc2ccccc21. The highest BCUT2D eigenvalue weighted by atomic mass is 19.1. The largest absolute Gasteiger partial charge is 0.493 e. The number of carbonyl (C=O) groups is 1. The third-order valence-electron chi connectivity index (χ3n) is 6.34. The summed E-state index contributed by atoms with van der Waals surface area (Å²) in [5.74, 6) is 1.21. The smallest absolute Gasteiger partial charge is 0.254 e. The van der Waals surface area contributed by atoms with Crippen molar-refractivity contribution in [1.29, 1.82) is 0 Å². The number of nitrogens with one attached hydrogen (secondary N) is 1. The zero-order valence-electron chi connectivity index (χ0n) is 20.9. The van der Waals surface area contributed by atoms with E-state index in [1.165, 1.54) is 17.6 Å². The second-order valence-electron chi connectivity index (χ2n) is 9.04. The number of carbonyl (C=O) groups excluding carboxylic acids is 1. The molecule has 0 atom stereocenters. The van der Waals surface area contributed by atoms with Crippen LogP contribution in [0.4, 0.5) is 4.39 Å². The quantitative estimate of drug-likeness (QED) is 0.219. The Morgan fingerprint density at radius 3 is 2.56 bits per heavy atom. The molecule has 0 aliphatic heterocycles. The van der Waals surface area contributed by atoms with Crippen LogP contribution in [0.15, 0.2) is 72.8 Å². The average Bonchev–Trinajstić information content (AvgIpc) is 3.24. The molecule has 0 saturated heterocycles. The van der Waals surface area contributed by atoms with E-state index in [0.29, 0.717) is 13.2 Å². The number of rotatable bonds is 13. The maximum absolute atomic E-state index is 13.7. The van der Waals surface area contributed by atoms with Gasteiger partial charge in [0.05, 0.1) is 23.2 Å². The first kappa shape index (κ1) is 25.4. The molecule has 0 bridgehead atoms. The minimum absolute atomic E-state index is 0.0931. The van der Waals surface area contributed by atoms with Crippen molar-refractivity contribution in [1.82, 2.24) is 14.9 Å². The number of nitrogens with zero attached hydrogens (tertiary/aromatic N) is 2. The van der Waals surface area contributed by atoms with Crippen molar-refractivity contribution in [3.8, 4) is 5.75 Å². The van der Waals surface area contributed by atoms with E-state index in [9.17, 15) is 9.18 Å². The minimum Gasteiger partial charge on any atom is -0.493 e. The molecule has 5 nitrogen and oxygen atoms in total. The first-order valence-corrected chi connectivity index (χ1v) is 12.8. The van der Waals surface area contributed by atoms with Crippen LogP contribution in [0, 0.1) is 12.7 Å². The maximum atomic E-state index is 13.7. The summed E-state index contributed by atoms with van der Waals surface area (Å²) < 4.78 is 22.0. The number of halogens is 1. The van der Waals surface area contributed by atoms with E-state index in [-0.39, 0.29) is 11.5 Å². The lowest BCUT2D eigenvalue weighted by Gasteiger charge is -2.11. The Hall–Kier alpha value is -3.67. The molecule has 0 aliphatic rings. The molecule has 188 valence electrons. The van der Waals surface area contributed by atoms with Crippen LogP contribution in [0.25, 0.3) is 11.0 Å². The Morgan fingerprint density at radius 2 is 1.69 bits per heavy atom. The van der Waals surface area contributed by atoms with Crippen LogP contribution < -0.4 is 10.1 Å². The van der Waals surface area contributed by atoms with Gasteiger partial charge in [0.15, 0.2) is 0 Å². The highest BCUT2D eigenvalue weighted by Crippen LogP contribution is 2.20. The van der Waals surface area contributed by atoms with E-state index in [2.05, 4.69) is 41.1 Å². The zero-order valence-corrected chi connectivity index (χ0v) is 20.9. The average molecular weight is 488 g/mol. The normalized spacial score (nSPS) is 11.1. The lowest BCUT2D eigenvalue weighted by Crippen LogP contribution is -2.25. The van der Waals surface area contributed by atoms with Gasteiger partial charge in [-0.25, -0.2) is 9.37 Å². The van der Waals surface area contributed by atoms with Crippen LogP contribution in [0.5, 0.6) is 5.75 Å². The first-order chi connectivity index (χ1) is 17.6. The summed E-state index contributed by atoms with van der Waals surface area (Å²) in [6.45, 7) is 4.21. The van der Waals surface area contributed by atoms with Gasteiger partial charge in [-0.3, -0.25) is 4.79 Å². The molecule has 0 spiro atoms. The van der Waals surface area contributed by atoms with Gasteiger partial charge in [0.1, 0.15) is 17.4 Å². The van der Waals surface area contributed by atoms with Crippen LogP contribution in [0.3, 0.4) is 0 Å². The van der Waals surface area contributed by atoms with Gasteiger partial charge in [-0.05, 0) is 68.5 Å². The van der Waals surface area contributed by atoms with Gasteiger partial charge < -0.3 is 14.6 Å². The van der Waals surface area contributed by atoms with Gasteiger partial charge in [0, 0.05) is 19.5 Å². The van der Waals surface area contributed by atoms with Crippen molar-refractivity contribution < 1.29 is 13.9 Å². The van der Waals surface area contributed by atoms with Crippen molar-refractivity contribution in [3.05, 3.63) is 95.6 Å². The standard InChI is InChI=1S/C30H34FN3O2/c1-23-13-4-9-18-28(23)36-22-12-11-21-34-27-17-8-7-16-26(27)33-29(34)19-3-2-10-20-32-30(35)24-14-5-6-15-25(24)31/h4-9,13-18H,2-3,10-12,19-22H2,1H3,(H,32,35). The summed E-state index contributed by atoms with van der Waals surface area (Å²) in [4.78, 5) is 17.0. The highest BCUT2D eigenvalue weighted by Gasteiger charge is 2.11. The molecule has 0 saturated carbocycles. The predicted octanol–water partition coefficient (Wildman–Crippen LogP) is 6.49. The molecule has 4 aromatic rings. The van der Waals surface area contributed by atoms with Crippen molar-refractivity contribution in [3.63, 3.8) is 0 Å². The molecule has 0 unspecified atom stereocenters. The van der Waals surface area contributed by atoms with Gasteiger partial charge in [0.2, 0.25) is 0 Å². The van der Waals surface area contributed by atoms with Crippen molar-refractivity contribution in [2.45, 2.75) is 52.0 Å². The van der Waals surface area contributed by atoms with Crippen LogP contribution in [-0.4, -0.2) is 28.6 Å². The highest BCUT2D eigenvalue weighted by molar-refractivity contribution is 5.94. The van der Waals surface area contributed by atoms with Crippen LogP contribution in [0.2, 0.25) is 0 Å². The Bertz CT molecular complexity index is 1280. The number of aromatic nitrogens is 2. The van der Waals surface area contributed by atoms with E-state index in [0.717, 1.165) is 67.7 Å². The van der Waals surface area contributed by atoms with E-state index in [1.54, 1.807) is 12.1 Å². The fourth-order valence-corrected chi connectivity index (χ4v) is 4.37. The lowest BCUT2D eigenvalue weighted by atomic mass is 10.1. The Balaban J connectivity index is 1.23. The number of benzene rings is 3. The molecule has 3 aromatic carbocycles. The molecule has 1 aromatic heterocycles. The number of unbranched alkanes of at least 4 members (excludes halogenated alkanes) is 3. The van der Waals surface area contributed by atoms with E-state index in [4.69, 9.17) is 9.72 Å². The number of fused-ring (bicyclic) bond motifs is 1. The molecular formula is C30H34FN3O2. The fraction of sp³-hybridized carbons (Fsp3) is 0.333. The van der Waals surface area contributed by atoms with Crippen LogP contribution in [-0.2, 0) is 13.0 Å². The molecular weight excluding hydrogens is 453 g/mol. The molecule has 1 heterocycles. The number of hydrogen-bond donors (Lipinski definition) is 1. The topological polar surface area (TPSA) is 56.1 Å². The van der Waals surface area contributed by atoms with Crippen molar-refractivity contribution >= 4 is 16.9 Å². The molecule has 0 radical (unpaired) electrons. The molecule has 0 fully saturated rings. The summed E-state index contributed by atoms with van der Waals surface area (Å²) in [5.41, 5.74) is 3.45. The molecule has 1 amide bonds. The van der Waals surface area contributed by atoms with Crippen LogP contribution >= 0.6 is 0 Å². The Labute approximate surface area is 212 Å².